The molecule has 6 heteroatoms. The Labute approximate surface area is 171 Å². The summed E-state index contributed by atoms with van der Waals surface area (Å²) in [5.41, 5.74) is 0. The molecule has 0 atom stereocenters. The van der Waals surface area contributed by atoms with Gasteiger partial charge in [0, 0.05) is 19.9 Å². The lowest BCUT2D eigenvalue weighted by Crippen LogP contribution is -1.86. The lowest BCUT2D eigenvalue weighted by atomic mass is 10.0. The average molecular weight is 403 g/mol. The van der Waals surface area contributed by atoms with Gasteiger partial charge in [-0.2, -0.15) is 0 Å². The molecule has 0 fully saturated rings. The highest BCUT2D eigenvalue weighted by molar-refractivity contribution is 5.79. The summed E-state index contributed by atoms with van der Waals surface area (Å²) in [6.07, 6.45) is 21.6. The topological polar surface area (TPSA) is 112 Å². The molecule has 0 aromatic rings. The van der Waals surface area contributed by atoms with Crippen LogP contribution >= 0.6 is 0 Å². The maximum atomic E-state index is 10.2. The van der Waals surface area contributed by atoms with E-state index in [-0.39, 0.29) is 0 Å². The minimum absolute atomic E-state index is 0.833. The van der Waals surface area contributed by atoms with Crippen molar-refractivity contribution in [3.8, 4) is 0 Å². The van der Waals surface area contributed by atoms with Crippen LogP contribution in [0.2, 0.25) is 0 Å². The van der Waals surface area contributed by atoms with Gasteiger partial charge in [-0.3, -0.25) is 9.59 Å². The van der Waals surface area contributed by atoms with Crippen LogP contribution in [0.25, 0.3) is 0 Å². The molecular weight excluding hydrogens is 360 g/mol. The zero-order valence-corrected chi connectivity index (χ0v) is 18.1. The number of allylic oxidation sites excluding steroid dienone is 1. The van der Waals surface area contributed by atoms with Crippen LogP contribution in [-0.2, 0) is 14.4 Å². The Bertz CT molecular complexity index is 370. The Morgan fingerprint density at radius 1 is 0.607 bits per heavy atom. The molecule has 28 heavy (non-hydrogen) atoms. The molecule has 0 aliphatic carbocycles. The number of carbonyl (C=O) groups is 3. The molecular formula is C22H42O6. The smallest absolute Gasteiger partial charge is 0.327 e. The van der Waals surface area contributed by atoms with E-state index < -0.39 is 17.9 Å². The molecule has 0 bridgehead atoms. The van der Waals surface area contributed by atoms with Crippen molar-refractivity contribution in [2.45, 2.75) is 111 Å². The van der Waals surface area contributed by atoms with Gasteiger partial charge in [0.25, 0.3) is 11.9 Å². The van der Waals surface area contributed by atoms with Crippen LogP contribution in [0.15, 0.2) is 12.2 Å². The molecule has 0 aliphatic rings. The van der Waals surface area contributed by atoms with Crippen LogP contribution < -0.4 is 0 Å². The summed E-state index contributed by atoms with van der Waals surface area (Å²) in [7, 11) is 0. The van der Waals surface area contributed by atoms with E-state index in [1.807, 2.05) is 0 Å². The van der Waals surface area contributed by atoms with Gasteiger partial charge < -0.3 is 15.3 Å². The van der Waals surface area contributed by atoms with Gasteiger partial charge in [-0.1, -0.05) is 90.0 Å². The van der Waals surface area contributed by atoms with Crippen LogP contribution in [0.1, 0.15) is 111 Å². The van der Waals surface area contributed by atoms with E-state index in [2.05, 4.69) is 6.92 Å². The zero-order chi connectivity index (χ0) is 22.0. The van der Waals surface area contributed by atoms with Crippen LogP contribution in [-0.4, -0.2) is 33.2 Å². The Morgan fingerprint density at radius 2 is 0.893 bits per heavy atom. The fourth-order valence-corrected chi connectivity index (χ4v) is 2.46. The summed E-state index contributed by atoms with van der Waals surface area (Å²) in [5.74, 6) is -2.50. The van der Waals surface area contributed by atoms with E-state index in [4.69, 9.17) is 24.9 Å². The van der Waals surface area contributed by atoms with Gasteiger partial charge in [0.1, 0.15) is 0 Å². The second-order valence-electron chi connectivity index (χ2n) is 6.81. The van der Waals surface area contributed by atoms with Crippen molar-refractivity contribution >= 4 is 17.9 Å². The maximum absolute atomic E-state index is 10.2. The van der Waals surface area contributed by atoms with Crippen molar-refractivity contribution in [3.63, 3.8) is 0 Å². The first-order valence-corrected chi connectivity index (χ1v) is 10.5. The number of carboxylic acid groups (broad SMARTS) is 3. The van der Waals surface area contributed by atoms with Gasteiger partial charge >= 0.3 is 5.97 Å². The number of hydrogen-bond acceptors (Lipinski definition) is 3. The minimum Gasteiger partial charge on any atom is -0.481 e. The van der Waals surface area contributed by atoms with E-state index in [0.29, 0.717) is 0 Å². The fourth-order valence-electron chi connectivity index (χ4n) is 2.46. The summed E-state index contributed by atoms with van der Waals surface area (Å²) in [6.45, 7) is 4.43. The average Bonchev–Trinajstić information content (AvgIpc) is 2.57. The van der Waals surface area contributed by atoms with Gasteiger partial charge in [-0.25, -0.2) is 4.79 Å². The van der Waals surface area contributed by atoms with E-state index in [9.17, 15) is 4.79 Å². The molecule has 0 saturated heterocycles. The normalized spacial score (nSPS) is 9.82. The lowest BCUT2D eigenvalue weighted by molar-refractivity contribution is -0.135. The molecule has 166 valence electrons. The predicted molar refractivity (Wildman–Crippen MR) is 114 cm³/mol. The third-order valence-electron chi connectivity index (χ3n) is 3.73. The Hall–Kier alpha value is -1.85. The predicted octanol–water partition coefficient (Wildman–Crippen LogP) is 6.29. The van der Waals surface area contributed by atoms with E-state index in [0.717, 1.165) is 26.7 Å². The second-order valence-corrected chi connectivity index (χ2v) is 6.81. The highest BCUT2D eigenvalue weighted by atomic mass is 16.4. The molecule has 0 heterocycles. The molecule has 0 aromatic carbocycles. The third kappa shape index (κ3) is 56.4. The lowest BCUT2D eigenvalue weighted by Gasteiger charge is -2.02. The van der Waals surface area contributed by atoms with Gasteiger partial charge in [0.05, 0.1) is 0 Å². The molecule has 6 nitrogen and oxygen atoms in total. The standard InChI is InChI=1S/C18H34O2.2C2H4O2/c1-2-3-4-5-6-7-8-9-10-11-12-13-14-15-16-17-18(19)20;2*1-2(3)4/h16-17H,2-15H2,1H3,(H,19,20);2*1H3,(H,3,4)/b17-16+;;. The molecule has 0 aromatic heterocycles. The first kappa shape index (κ1) is 30.9. The van der Waals surface area contributed by atoms with Crippen LogP contribution in [0, 0.1) is 0 Å². The number of rotatable bonds is 15. The molecule has 0 amide bonds. The van der Waals surface area contributed by atoms with E-state index in [1.54, 1.807) is 6.08 Å². The molecule has 0 rings (SSSR count). The quantitative estimate of drug-likeness (QED) is 0.219. The summed E-state index contributed by atoms with van der Waals surface area (Å²) >= 11 is 0. The van der Waals surface area contributed by atoms with Crippen molar-refractivity contribution in [1.82, 2.24) is 0 Å². The first-order chi connectivity index (χ1) is 13.2. The summed E-state index contributed by atoms with van der Waals surface area (Å²) in [6, 6.07) is 0. The highest BCUT2D eigenvalue weighted by Gasteiger charge is 1.93. The second kappa shape index (κ2) is 27.4. The molecule has 0 unspecified atom stereocenters. The summed E-state index contributed by atoms with van der Waals surface area (Å²) in [4.78, 5) is 28.2. The number of aliphatic carboxylic acids is 3. The van der Waals surface area contributed by atoms with E-state index in [1.165, 1.54) is 83.1 Å². The Balaban J connectivity index is -0.000000656. The Kier molecular flexibility index (Phi) is 30.2. The van der Waals surface area contributed by atoms with Crippen LogP contribution in [0.3, 0.4) is 0 Å². The van der Waals surface area contributed by atoms with Gasteiger partial charge in [-0.05, 0) is 12.8 Å². The van der Waals surface area contributed by atoms with Crippen LogP contribution in [0.4, 0.5) is 0 Å². The summed E-state index contributed by atoms with van der Waals surface area (Å²) in [5, 5.41) is 23.3. The molecule has 0 aliphatic heterocycles. The van der Waals surface area contributed by atoms with Crippen molar-refractivity contribution in [2.24, 2.45) is 0 Å². The number of unbranched alkanes of at least 4 members (excludes halogenated alkanes) is 13. The van der Waals surface area contributed by atoms with Crippen molar-refractivity contribution in [1.29, 1.82) is 0 Å². The van der Waals surface area contributed by atoms with Gasteiger partial charge in [0.15, 0.2) is 0 Å². The fraction of sp³-hybridized carbons (Fsp3) is 0.773. The Morgan fingerprint density at radius 3 is 1.18 bits per heavy atom. The molecule has 0 radical (unpaired) electrons. The largest absolute Gasteiger partial charge is 0.481 e. The first-order valence-electron chi connectivity index (χ1n) is 10.5. The van der Waals surface area contributed by atoms with Crippen LogP contribution in [0.5, 0.6) is 0 Å². The van der Waals surface area contributed by atoms with Gasteiger partial charge in [-0.15, -0.1) is 0 Å². The minimum atomic E-state index is -0.834. The maximum Gasteiger partial charge on any atom is 0.327 e. The van der Waals surface area contributed by atoms with Crippen molar-refractivity contribution < 1.29 is 29.7 Å². The van der Waals surface area contributed by atoms with Crippen molar-refractivity contribution in [2.75, 3.05) is 0 Å². The SMILES string of the molecule is CC(=O)O.CC(=O)O.CCCCCCCCCCCCCCC/C=C/C(=O)O. The highest BCUT2D eigenvalue weighted by Crippen LogP contribution is 2.12. The molecule has 0 spiro atoms. The number of hydrogen-bond donors (Lipinski definition) is 3. The van der Waals surface area contributed by atoms with Crippen molar-refractivity contribution in [3.05, 3.63) is 12.2 Å². The van der Waals surface area contributed by atoms with Gasteiger partial charge in [0.2, 0.25) is 0 Å². The van der Waals surface area contributed by atoms with E-state index >= 15 is 0 Å². The zero-order valence-electron chi connectivity index (χ0n) is 18.1. The molecule has 0 saturated carbocycles. The third-order valence-corrected chi connectivity index (χ3v) is 3.73. The monoisotopic (exact) mass is 402 g/mol. The summed E-state index contributed by atoms with van der Waals surface area (Å²) < 4.78 is 0. The molecule has 3 N–H and O–H groups in total. The number of carboxylic acids is 3.